The van der Waals surface area contributed by atoms with Crippen molar-refractivity contribution in [2.45, 2.75) is 19.8 Å². The summed E-state index contributed by atoms with van der Waals surface area (Å²) in [7, 11) is 0. The topological polar surface area (TPSA) is 93.9 Å². The second kappa shape index (κ2) is 6.14. The Balaban J connectivity index is 2.31. The maximum Gasteiger partial charge on any atom is 0.271 e. The zero-order valence-corrected chi connectivity index (χ0v) is 11.0. The quantitative estimate of drug-likeness (QED) is 0.789. The van der Waals surface area contributed by atoms with Crippen LogP contribution in [0.5, 0.6) is 5.75 Å². The normalized spacial score (nSPS) is 10.5. The van der Waals surface area contributed by atoms with Gasteiger partial charge in [0.15, 0.2) is 5.69 Å². The van der Waals surface area contributed by atoms with E-state index in [0.29, 0.717) is 17.9 Å². The lowest BCUT2D eigenvalue weighted by atomic mass is 10.1. The number of rotatable bonds is 6. The number of carbonyl (C=O) groups is 1. The van der Waals surface area contributed by atoms with Crippen LogP contribution in [0.2, 0.25) is 0 Å². The number of aromatic nitrogens is 3. The third kappa shape index (κ3) is 3.11. The fourth-order valence-corrected chi connectivity index (χ4v) is 1.72. The molecule has 0 aliphatic carbocycles. The Labute approximate surface area is 115 Å². The van der Waals surface area contributed by atoms with Gasteiger partial charge in [0.05, 0.1) is 6.61 Å². The molecule has 6 nitrogen and oxygen atoms in total. The number of ether oxygens (including phenoxy) is 1. The molecule has 1 amide bonds. The Bertz CT molecular complexity index is 612. The highest BCUT2D eigenvalue weighted by Gasteiger charge is 2.16. The first-order valence-corrected chi connectivity index (χ1v) is 6.26. The third-order valence-electron chi connectivity index (χ3n) is 2.69. The van der Waals surface area contributed by atoms with E-state index in [0.717, 1.165) is 12.8 Å². The van der Waals surface area contributed by atoms with E-state index in [1.54, 1.807) is 6.07 Å². The largest absolute Gasteiger partial charge is 0.493 e. The van der Waals surface area contributed by atoms with E-state index in [2.05, 4.69) is 15.4 Å². The molecular formula is C13H15FN4O2. The van der Waals surface area contributed by atoms with E-state index < -0.39 is 11.7 Å². The van der Waals surface area contributed by atoms with Crippen molar-refractivity contribution in [1.29, 1.82) is 0 Å². The van der Waals surface area contributed by atoms with Crippen LogP contribution in [0.1, 0.15) is 30.3 Å². The molecule has 0 spiro atoms. The zero-order chi connectivity index (χ0) is 14.5. The number of primary amides is 1. The molecule has 0 saturated carbocycles. The number of unbranched alkanes of at least 4 members (excludes halogenated alkanes) is 1. The summed E-state index contributed by atoms with van der Waals surface area (Å²) in [5, 5.41) is 9.79. The van der Waals surface area contributed by atoms with E-state index >= 15 is 0 Å². The van der Waals surface area contributed by atoms with Crippen molar-refractivity contribution in [3.8, 4) is 17.0 Å². The lowest BCUT2D eigenvalue weighted by Crippen LogP contribution is -2.12. The number of nitrogens with one attached hydrogen (secondary N) is 1. The highest BCUT2D eigenvalue weighted by molar-refractivity contribution is 5.96. The van der Waals surface area contributed by atoms with Crippen LogP contribution in [-0.4, -0.2) is 27.9 Å². The number of H-pyrrole nitrogens is 1. The summed E-state index contributed by atoms with van der Waals surface area (Å²) in [6.07, 6.45) is 1.86. The molecule has 1 aromatic heterocycles. The zero-order valence-electron chi connectivity index (χ0n) is 11.0. The minimum Gasteiger partial charge on any atom is -0.493 e. The number of nitrogens with zero attached hydrogens (tertiary/aromatic N) is 2. The first-order valence-electron chi connectivity index (χ1n) is 6.26. The van der Waals surface area contributed by atoms with Crippen molar-refractivity contribution in [3.63, 3.8) is 0 Å². The minimum absolute atomic E-state index is 0.0323. The van der Waals surface area contributed by atoms with Crippen molar-refractivity contribution >= 4 is 5.91 Å². The second-order valence-corrected chi connectivity index (χ2v) is 4.26. The van der Waals surface area contributed by atoms with Crippen LogP contribution in [-0.2, 0) is 0 Å². The van der Waals surface area contributed by atoms with Gasteiger partial charge in [-0.05, 0) is 18.6 Å². The molecule has 0 unspecified atom stereocenters. The second-order valence-electron chi connectivity index (χ2n) is 4.26. The molecule has 0 fully saturated rings. The molecule has 0 aliphatic rings. The number of amides is 1. The Kier molecular flexibility index (Phi) is 4.29. The van der Waals surface area contributed by atoms with Gasteiger partial charge in [-0.15, -0.1) is 0 Å². The Morgan fingerprint density at radius 3 is 2.90 bits per heavy atom. The number of nitrogens with two attached hydrogens (primary N) is 1. The summed E-state index contributed by atoms with van der Waals surface area (Å²) >= 11 is 0. The Hall–Kier alpha value is -2.44. The highest BCUT2D eigenvalue weighted by Crippen LogP contribution is 2.25. The maximum atomic E-state index is 13.6. The monoisotopic (exact) mass is 278 g/mol. The third-order valence-corrected chi connectivity index (χ3v) is 2.69. The van der Waals surface area contributed by atoms with Crippen molar-refractivity contribution in [1.82, 2.24) is 15.4 Å². The molecule has 1 aromatic carbocycles. The number of hydrogen-bond donors (Lipinski definition) is 2. The first-order chi connectivity index (χ1) is 9.61. The smallest absolute Gasteiger partial charge is 0.271 e. The molecule has 1 heterocycles. The van der Waals surface area contributed by atoms with Crippen LogP contribution < -0.4 is 10.5 Å². The van der Waals surface area contributed by atoms with E-state index in [4.69, 9.17) is 10.5 Å². The highest BCUT2D eigenvalue weighted by atomic mass is 19.1. The summed E-state index contributed by atoms with van der Waals surface area (Å²) in [6.45, 7) is 2.54. The van der Waals surface area contributed by atoms with Gasteiger partial charge in [0.2, 0.25) is 0 Å². The number of benzene rings is 1. The van der Waals surface area contributed by atoms with Gasteiger partial charge in [0.25, 0.3) is 5.91 Å². The van der Waals surface area contributed by atoms with E-state index in [-0.39, 0.29) is 11.4 Å². The summed E-state index contributed by atoms with van der Waals surface area (Å²) in [4.78, 5) is 11.2. The fraction of sp³-hybridized carbons (Fsp3) is 0.308. The van der Waals surface area contributed by atoms with Gasteiger partial charge < -0.3 is 10.5 Å². The molecule has 7 heteroatoms. The summed E-state index contributed by atoms with van der Waals surface area (Å²) in [6, 6.07) is 4.13. The van der Waals surface area contributed by atoms with Gasteiger partial charge in [-0.2, -0.15) is 15.4 Å². The number of halogens is 1. The molecule has 0 bridgehead atoms. The Morgan fingerprint density at radius 1 is 1.40 bits per heavy atom. The maximum absolute atomic E-state index is 13.6. The van der Waals surface area contributed by atoms with Crippen molar-refractivity contribution in [2.24, 2.45) is 5.73 Å². The van der Waals surface area contributed by atoms with Gasteiger partial charge in [0, 0.05) is 11.6 Å². The lowest BCUT2D eigenvalue weighted by Gasteiger charge is -2.07. The first kappa shape index (κ1) is 14.0. The molecule has 0 saturated heterocycles. The summed E-state index contributed by atoms with van der Waals surface area (Å²) in [5.74, 6) is -0.828. The number of hydrogen-bond acceptors (Lipinski definition) is 4. The van der Waals surface area contributed by atoms with Crippen LogP contribution in [0, 0.1) is 5.82 Å². The Morgan fingerprint density at radius 2 is 2.20 bits per heavy atom. The van der Waals surface area contributed by atoms with Gasteiger partial charge in [-0.3, -0.25) is 4.79 Å². The van der Waals surface area contributed by atoms with Crippen molar-refractivity contribution < 1.29 is 13.9 Å². The van der Waals surface area contributed by atoms with Gasteiger partial charge in [-0.25, -0.2) is 4.39 Å². The fourth-order valence-electron chi connectivity index (χ4n) is 1.72. The van der Waals surface area contributed by atoms with Crippen LogP contribution >= 0.6 is 0 Å². The lowest BCUT2D eigenvalue weighted by molar-refractivity contribution is 0.0996. The SMILES string of the molecule is CCCCOc1cc(F)cc(-c2n[nH]nc2C(N)=O)c1. The molecule has 2 rings (SSSR count). The van der Waals surface area contributed by atoms with Crippen LogP contribution in [0.3, 0.4) is 0 Å². The van der Waals surface area contributed by atoms with Crippen LogP contribution in [0.4, 0.5) is 4.39 Å². The predicted molar refractivity (Wildman–Crippen MR) is 70.7 cm³/mol. The van der Waals surface area contributed by atoms with E-state index in [1.807, 2.05) is 6.92 Å². The summed E-state index contributed by atoms with van der Waals surface area (Å²) in [5.41, 5.74) is 5.75. The van der Waals surface area contributed by atoms with Crippen LogP contribution in [0.25, 0.3) is 11.3 Å². The van der Waals surface area contributed by atoms with Gasteiger partial charge >= 0.3 is 0 Å². The molecule has 0 radical (unpaired) electrons. The molecule has 3 N–H and O–H groups in total. The van der Waals surface area contributed by atoms with Crippen molar-refractivity contribution in [3.05, 3.63) is 29.7 Å². The molecular weight excluding hydrogens is 263 g/mol. The molecule has 20 heavy (non-hydrogen) atoms. The van der Waals surface area contributed by atoms with Gasteiger partial charge in [-0.1, -0.05) is 13.3 Å². The molecule has 0 aliphatic heterocycles. The predicted octanol–water partition coefficient (Wildman–Crippen LogP) is 1.89. The molecule has 2 aromatic rings. The minimum atomic E-state index is -0.730. The van der Waals surface area contributed by atoms with E-state index in [1.165, 1.54) is 12.1 Å². The van der Waals surface area contributed by atoms with Gasteiger partial charge in [0.1, 0.15) is 17.3 Å². The van der Waals surface area contributed by atoms with Crippen LogP contribution in [0.15, 0.2) is 18.2 Å². The molecule has 0 atom stereocenters. The standard InChI is InChI=1S/C13H15FN4O2/c1-2-3-4-20-10-6-8(5-9(14)7-10)11-12(13(15)19)17-18-16-11/h5-7H,2-4H2,1H3,(H2,15,19)(H,16,17,18). The average Bonchev–Trinajstić information content (AvgIpc) is 2.87. The molecule has 106 valence electrons. The number of aromatic amines is 1. The van der Waals surface area contributed by atoms with Crippen molar-refractivity contribution in [2.75, 3.05) is 6.61 Å². The van der Waals surface area contributed by atoms with E-state index in [9.17, 15) is 9.18 Å². The summed E-state index contributed by atoms with van der Waals surface area (Å²) < 4.78 is 19.1. The average molecular weight is 278 g/mol. The number of carbonyl (C=O) groups excluding carboxylic acids is 1.